The first-order chi connectivity index (χ1) is 8.25. The lowest BCUT2D eigenvalue weighted by atomic mass is 9.95. The summed E-state index contributed by atoms with van der Waals surface area (Å²) in [7, 11) is 1.74. The van der Waals surface area contributed by atoms with Crippen LogP contribution in [0.3, 0.4) is 0 Å². The predicted octanol–water partition coefficient (Wildman–Crippen LogP) is 1.39. The summed E-state index contributed by atoms with van der Waals surface area (Å²) >= 11 is 0. The van der Waals surface area contributed by atoms with Gasteiger partial charge in [-0.1, -0.05) is 20.8 Å². The molecule has 0 aliphatic carbocycles. The van der Waals surface area contributed by atoms with Crippen molar-refractivity contribution in [2.75, 3.05) is 12.4 Å². The summed E-state index contributed by atoms with van der Waals surface area (Å²) in [5.74, 6) is 0.599. The fraction of sp³-hybridized carbons (Fsp3) is 0.538. The van der Waals surface area contributed by atoms with Crippen molar-refractivity contribution in [3.05, 3.63) is 27.5 Å². The third-order valence-corrected chi connectivity index (χ3v) is 2.72. The molecule has 0 fully saturated rings. The summed E-state index contributed by atoms with van der Waals surface area (Å²) < 4.78 is 0. The molecule has 0 saturated heterocycles. The van der Waals surface area contributed by atoms with Gasteiger partial charge < -0.3 is 15.6 Å². The monoisotopic (exact) mass is 251 g/mol. The van der Waals surface area contributed by atoms with Gasteiger partial charge in [0.15, 0.2) is 5.43 Å². The van der Waals surface area contributed by atoms with Crippen LogP contribution in [0.15, 0.2) is 10.9 Å². The summed E-state index contributed by atoms with van der Waals surface area (Å²) in [5.41, 5.74) is 0.823. The topological polar surface area (TPSA) is 74.0 Å². The van der Waals surface area contributed by atoms with E-state index in [1.165, 1.54) is 6.07 Å². The molecule has 1 aromatic rings. The van der Waals surface area contributed by atoms with Gasteiger partial charge in [0.1, 0.15) is 5.82 Å². The van der Waals surface area contributed by atoms with Gasteiger partial charge in [-0.2, -0.15) is 0 Å². The Bertz CT molecular complexity index is 498. The van der Waals surface area contributed by atoms with E-state index in [0.29, 0.717) is 11.4 Å². The number of amides is 1. The molecule has 1 amide bonds. The molecule has 1 heterocycles. The first-order valence-corrected chi connectivity index (χ1v) is 5.94. The van der Waals surface area contributed by atoms with Gasteiger partial charge in [-0.3, -0.25) is 9.59 Å². The average molecular weight is 251 g/mol. The Morgan fingerprint density at radius 2 is 2.00 bits per heavy atom. The van der Waals surface area contributed by atoms with Gasteiger partial charge >= 0.3 is 0 Å². The van der Waals surface area contributed by atoms with Crippen LogP contribution < -0.4 is 16.1 Å². The summed E-state index contributed by atoms with van der Waals surface area (Å²) in [5, 5.41) is 5.66. The number of aryl methyl sites for hydroxylation is 1. The standard InChI is InChI=1S/C13H21N3O2/c1-8-9(7-15-12(18)13(2,3)4)10(17)6-11(14-5)16-8/h6H,7H2,1-5H3,(H,15,18)(H2,14,16,17). The number of hydrogen-bond donors (Lipinski definition) is 3. The molecular formula is C13H21N3O2. The van der Waals surface area contributed by atoms with Crippen LogP contribution in [0.4, 0.5) is 5.82 Å². The number of pyridine rings is 1. The Hall–Kier alpha value is -1.78. The minimum Gasteiger partial charge on any atom is -0.375 e. The Morgan fingerprint density at radius 1 is 1.39 bits per heavy atom. The molecule has 0 aliphatic heterocycles. The van der Waals surface area contributed by atoms with Crippen LogP contribution in [0.5, 0.6) is 0 Å². The SMILES string of the molecule is CNc1cc(=O)c(CNC(=O)C(C)(C)C)c(C)[nH]1. The van der Waals surface area contributed by atoms with Gasteiger partial charge in [0.05, 0.1) is 0 Å². The third-order valence-electron chi connectivity index (χ3n) is 2.72. The van der Waals surface area contributed by atoms with Crippen LogP contribution in [0.25, 0.3) is 0 Å². The van der Waals surface area contributed by atoms with Gasteiger partial charge in [-0.15, -0.1) is 0 Å². The number of carbonyl (C=O) groups excluding carboxylic acids is 1. The number of carbonyl (C=O) groups is 1. The van der Waals surface area contributed by atoms with E-state index in [2.05, 4.69) is 15.6 Å². The molecule has 1 aromatic heterocycles. The molecule has 0 aromatic carbocycles. The second-order valence-corrected chi connectivity index (χ2v) is 5.33. The smallest absolute Gasteiger partial charge is 0.225 e. The zero-order chi connectivity index (χ0) is 13.9. The molecule has 1 rings (SSSR count). The van der Waals surface area contributed by atoms with Crippen LogP contribution in [0, 0.1) is 12.3 Å². The lowest BCUT2D eigenvalue weighted by molar-refractivity contribution is -0.128. The highest BCUT2D eigenvalue weighted by molar-refractivity contribution is 5.81. The van der Waals surface area contributed by atoms with E-state index in [-0.39, 0.29) is 17.9 Å². The second kappa shape index (κ2) is 5.25. The quantitative estimate of drug-likeness (QED) is 0.760. The van der Waals surface area contributed by atoms with Gasteiger partial charge in [0.2, 0.25) is 5.91 Å². The van der Waals surface area contributed by atoms with E-state index in [1.807, 2.05) is 27.7 Å². The molecular weight excluding hydrogens is 230 g/mol. The molecule has 3 N–H and O–H groups in total. The van der Waals surface area contributed by atoms with E-state index in [1.54, 1.807) is 7.05 Å². The molecule has 5 heteroatoms. The maximum Gasteiger partial charge on any atom is 0.225 e. The lowest BCUT2D eigenvalue weighted by Gasteiger charge is -2.18. The van der Waals surface area contributed by atoms with Gasteiger partial charge in [-0.05, 0) is 6.92 Å². The van der Waals surface area contributed by atoms with E-state index in [9.17, 15) is 9.59 Å². The Morgan fingerprint density at radius 3 is 2.44 bits per heavy atom. The van der Waals surface area contributed by atoms with Gasteiger partial charge in [0, 0.05) is 36.3 Å². The summed E-state index contributed by atoms with van der Waals surface area (Å²) in [6.07, 6.45) is 0. The molecule has 18 heavy (non-hydrogen) atoms. The Balaban J connectivity index is 2.87. The molecule has 0 aliphatic rings. The van der Waals surface area contributed by atoms with Crippen LogP contribution in [-0.4, -0.2) is 17.9 Å². The number of nitrogens with one attached hydrogen (secondary N) is 3. The Labute approximate surface area is 107 Å². The number of aromatic amines is 1. The zero-order valence-electron chi connectivity index (χ0n) is 11.6. The van der Waals surface area contributed by atoms with E-state index in [0.717, 1.165) is 5.69 Å². The van der Waals surface area contributed by atoms with Crippen molar-refractivity contribution < 1.29 is 4.79 Å². The molecule has 0 atom stereocenters. The molecule has 5 nitrogen and oxygen atoms in total. The first kappa shape index (κ1) is 14.3. The third kappa shape index (κ3) is 3.35. The van der Waals surface area contributed by atoms with Crippen molar-refractivity contribution >= 4 is 11.7 Å². The highest BCUT2D eigenvalue weighted by Crippen LogP contribution is 2.13. The number of anilines is 1. The molecule has 100 valence electrons. The fourth-order valence-electron chi connectivity index (χ4n) is 1.50. The summed E-state index contributed by atoms with van der Waals surface area (Å²) in [6, 6.07) is 1.49. The van der Waals surface area contributed by atoms with E-state index >= 15 is 0 Å². The average Bonchev–Trinajstić information content (AvgIpc) is 2.25. The summed E-state index contributed by atoms with van der Waals surface area (Å²) in [4.78, 5) is 26.7. The maximum atomic E-state index is 11.9. The van der Waals surface area contributed by atoms with Crippen molar-refractivity contribution in [1.82, 2.24) is 10.3 Å². The van der Waals surface area contributed by atoms with E-state index in [4.69, 9.17) is 0 Å². The van der Waals surface area contributed by atoms with Crippen molar-refractivity contribution in [1.29, 1.82) is 0 Å². The predicted molar refractivity (Wildman–Crippen MR) is 72.6 cm³/mol. The number of hydrogen-bond acceptors (Lipinski definition) is 3. The van der Waals surface area contributed by atoms with Crippen LogP contribution in [0.1, 0.15) is 32.0 Å². The molecule has 0 radical (unpaired) electrons. The number of aromatic nitrogens is 1. The molecule has 0 unspecified atom stereocenters. The van der Waals surface area contributed by atoms with E-state index < -0.39 is 5.41 Å². The van der Waals surface area contributed by atoms with Gasteiger partial charge in [0.25, 0.3) is 0 Å². The zero-order valence-corrected chi connectivity index (χ0v) is 11.6. The normalized spacial score (nSPS) is 11.2. The minimum absolute atomic E-state index is 0.0704. The molecule has 0 saturated carbocycles. The highest BCUT2D eigenvalue weighted by atomic mass is 16.2. The van der Waals surface area contributed by atoms with Crippen molar-refractivity contribution in [3.8, 4) is 0 Å². The maximum absolute atomic E-state index is 11.9. The number of rotatable bonds is 3. The largest absolute Gasteiger partial charge is 0.375 e. The van der Waals surface area contributed by atoms with Crippen molar-refractivity contribution in [3.63, 3.8) is 0 Å². The fourth-order valence-corrected chi connectivity index (χ4v) is 1.50. The van der Waals surface area contributed by atoms with Crippen molar-refractivity contribution in [2.24, 2.45) is 5.41 Å². The van der Waals surface area contributed by atoms with Crippen molar-refractivity contribution in [2.45, 2.75) is 34.2 Å². The first-order valence-electron chi connectivity index (χ1n) is 5.94. The van der Waals surface area contributed by atoms with Crippen LogP contribution in [0.2, 0.25) is 0 Å². The minimum atomic E-state index is -0.453. The summed E-state index contributed by atoms with van der Waals surface area (Å²) in [6.45, 7) is 7.58. The molecule has 0 bridgehead atoms. The van der Waals surface area contributed by atoms with Crippen LogP contribution >= 0.6 is 0 Å². The van der Waals surface area contributed by atoms with Crippen LogP contribution in [-0.2, 0) is 11.3 Å². The van der Waals surface area contributed by atoms with Gasteiger partial charge in [-0.25, -0.2) is 0 Å². The molecule has 0 spiro atoms. The lowest BCUT2D eigenvalue weighted by Crippen LogP contribution is -2.35. The second-order valence-electron chi connectivity index (χ2n) is 5.33. The Kier molecular flexibility index (Phi) is 4.16. The number of H-pyrrole nitrogens is 1. The highest BCUT2D eigenvalue weighted by Gasteiger charge is 2.21.